The van der Waals surface area contributed by atoms with Crippen molar-refractivity contribution in [3.63, 3.8) is 0 Å². The molecule has 5 nitrogen and oxygen atoms in total. The Hall–Kier alpha value is -2.56. The molecule has 0 amide bonds. The summed E-state index contributed by atoms with van der Waals surface area (Å²) in [6.07, 6.45) is 2.94. The number of carboxylic acid groups (broad SMARTS) is 1. The monoisotopic (exact) mass is 259 g/mol. The standard InChI is InChI=1S/C14H13NO4/c1-18-12-5-3-4-9(13(12)19-2)11-8-15-7-6-10(11)14(16)17/h3-8H,1-2H3,(H,16,17). The number of ether oxygens (including phenoxy) is 2. The third-order valence-corrected chi connectivity index (χ3v) is 2.74. The Kier molecular flexibility index (Phi) is 3.66. The lowest BCUT2D eigenvalue weighted by atomic mass is 10.0. The number of methoxy groups -OCH3 is 2. The molecule has 1 aromatic carbocycles. The van der Waals surface area contributed by atoms with Crippen molar-refractivity contribution in [2.24, 2.45) is 0 Å². The van der Waals surface area contributed by atoms with E-state index in [4.69, 9.17) is 9.47 Å². The van der Waals surface area contributed by atoms with E-state index in [0.29, 0.717) is 22.6 Å². The maximum Gasteiger partial charge on any atom is 0.336 e. The molecule has 0 saturated heterocycles. The smallest absolute Gasteiger partial charge is 0.336 e. The first-order chi connectivity index (χ1) is 9.19. The van der Waals surface area contributed by atoms with Gasteiger partial charge in [0.2, 0.25) is 0 Å². The summed E-state index contributed by atoms with van der Waals surface area (Å²) in [5.74, 6) is 0.0166. The fourth-order valence-electron chi connectivity index (χ4n) is 1.89. The van der Waals surface area contributed by atoms with Gasteiger partial charge in [0.25, 0.3) is 0 Å². The lowest BCUT2D eigenvalue weighted by Gasteiger charge is -2.13. The maximum atomic E-state index is 11.2. The van der Waals surface area contributed by atoms with Crippen molar-refractivity contribution in [2.45, 2.75) is 0 Å². The topological polar surface area (TPSA) is 68.7 Å². The first-order valence-corrected chi connectivity index (χ1v) is 5.57. The summed E-state index contributed by atoms with van der Waals surface area (Å²) in [5.41, 5.74) is 1.29. The van der Waals surface area contributed by atoms with Crippen molar-refractivity contribution in [1.82, 2.24) is 4.98 Å². The van der Waals surface area contributed by atoms with Crippen LogP contribution in [0.15, 0.2) is 36.7 Å². The summed E-state index contributed by atoms with van der Waals surface area (Å²) in [6, 6.07) is 6.75. The molecule has 0 aliphatic rings. The van der Waals surface area contributed by atoms with Crippen molar-refractivity contribution in [1.29, 1.82) is 0 Å². The van der Waals surface area contributed by atoms with Crippen LogP contribution in [0, 0.1) is 0 Å². The fourth-order valence-corrected chi connectivity index (χ4v) is 1.89. The lowest BCUT2D eigenvalue weighted by molar-refractivity contribution is 0.0697. The minimum Gasteiger partial charge on any atom is -0.493 e. The highest BCUT2D eigenvalue weighted by atomic mass is 16.5. The third kappa shape index (κ3) is 2.35. The van der Waals surface area contributed by atoms with Gasteiger partial charge in [-0.15, -0.1) is 0 Å². The van der Waals surface area contributed by atoms with Crippen molar-refractivity contribution >= 4 is 5.97 Å². The highest BCUT2D eigenvalue weighted by Gasteiger charge is 2.17. The Morgan fingerprint density at radius 2 is 1.95 bits per heavy atom. The number of nitrogens with zero attached hydrogens (tertiary/aromatic N) is 1. The van der Waals surface area contributed by atoms with Gasteiger partial charge in [-0.2, -0.15) is 0 Å². The van der Waals surface area contributed by atoms with E-state index in [9.17, 15) is 9.90 Å². The van der Waals surface area contributed by atoms with Gasteiger partial charge in [0.05, 0.1) is 19.8 Å². The summed E-state index contributed by atoms with van der Waals surface area (Å²) >= 11 is 0. The molecule has 0 radical (unpaired) electrons. The summed E-state index contributed by atoms with van der Waals surface area (Å²) in [4.78, 5) is 15.2. The molecule has 1 N–H and O–H groups in total. The van der Waals surface area contributed by atoms with Crippen molar-refractivity contribution in [3.05, 3.63) is 42.2 Å². The molecule has 98 valence electrons. The molecule has 0 spiro atoms. The molecule has 2 aromatic rings. The largest absolute Gasteiger partial charge is 0.493 e. The van der Waals surface area contributed by atoms with Gasteiger partial charge in [-0.3, -0.25) is 4.98 Å². The molecule has 0 fully saturated rings. The second-order valence-corrected chi connectivity index (χ2v) is 3.77. The highest BCUT2D eigenvalue weighted by Crippen LogP contribution is 2.38. The van der Waals surface area contributed by atoms with E-state index in [2.05, 4.69) is 4.98 Å². The van der Waals surface area contributed by atoms with E-state index < -0.39 is 5.97 Å². The molecule has 0 unspecified atom stereocenters. The number of aromatic carboxylic acids is 1. The average Bonchev–Trinajstić information content (AvgIpc) is 2.46. The molecule has 2 rings (SSSR count). The van der Waals surface area contributed by atoms with Crippen LogP contribution in [0.1, 0.15) is 10.4 Å². The molecule has 19 heavy (non-hydrogen) atoms. The van der Waals surface area contributed by atoms with Crippen LogP contribution < -0.4 is 9.47 Å². The molecule has 0 saturated carbocycles. The minimum absolute atomic E-state index is 0.168. The number of pyridine rings is 1. The van der Waals surface area contributed by atoms with E-state index in [1.54, 1.807) is 18.2 Å². The lowest BCUT2D eigenvalue weighted by Crippen LogP contribution is -2.01. The van der Waals surface area contributed by atoms with Crippen LogP contribution in [-0.4, -0.2) is 30.3 Å². The zero-order valence-electron chi connectivity index (χ0n) is 10.6. The van der Waals surface area contributed by atoms with Gasteiger partial charge in [0, 0.05) is 23.5 Å². The molecule has 1 aromatic heterocycles. The van der Waals surface area contributed by atoms with Crippen molar-refractivity contribution < 1.29 is 19.4 Å². The molecule has 5 heteroatoms. The predicted molar refractivity (Wildman–Crippen MR) is 69.7 cm³/mol. The highest BCUT2D eigenvalue weighted by molar-refractivity contribution is 5.96. The van der Waals surface area contributed by atoms with Gasteiger partial charge in [-0.25, -0.2) is 4.79 Å². The molecular formula is C14H13NO4. The van der Waals surface area contributed by atoms with E-state index in [-0.39, 0.29) is 5.56 Å². The maximum absolute atomic E-state index is 11.2. The van der Waals surface area contributed by atoms with Gasteiger partial charge in [0.1, 0.15) is 0 Å². The Labute approximate surface area is 110 Å². The average molecular weight is 259 g/mol. The van der Waals surface area contributed by atoms with Crippen LogP contribution in [0.2, 0.25) is 0 Å². The van der Waals surface area contributed by atoms with Gasteiger partial charge in [-0.1, -0.05) is 12.1 Å². The number of para-hydroxylation sites is 1. The summed E-state index contributed by atoms with van der Waals surface area (Å²) in [7, 11) is 3.04. The quantitative estimate of drug-likeness (QED) is 0.913. The Morgan fingerprint density at radius 1 is 1.16 bits per heavy atom. The molecular weight excluding hydrogens is 246 g/mol. The number of aromatic nitrogens is 1. The number of carbonyl (C=O) groups is 1. The first-order valence-electron chi connectivity index (χ1n) is 5.57. The van der Waals surface area contributed by atoms with Crippen LogP contribution in [0.3, 0.4) is 0 Å². The van der Waals surface area contributed by atoms with E-state index in [1.165, 1.54) is 32.7 Å². The van der Waals surface area contributed by atoms with Crippen LogP contribution in [0.25, 0.3) is 11.1 Å². The van der Waals surface area contributed by atoms with Gasteiger partial charge in [0.15, 0.2) is 11.5 Å². The molecule has 0 bridgehead atoms. The van der Waals surface area contributed by atoms with Crippen LogP contribution in [-0.2, 0) is 0 Å². The summed E-state index contributed by atoms with van der Waals surface area (Å²) in [5, 5.41) is 9.22. The van der Waals surface area contributed by atoms with Gasteiger partial charge in [-0.05, 0) is 12.1 Å². The molecule has 1 heterocycles. The number of hydrogen-bond acceptors (Lipinski definition) is 4. The minimum atomic E-state index is -1.01. The summed E-state index contributed by atoms with van der Waals surface area (Å²) < 4.78 is 10.5. The summed E-state index contributed by atoms with van der Waals surface area (Å²) in [6.45, 7) is 0. The predicted octanol–water partition coefficient (Wildman–Crippen LogP) is 2.46. The van der Waals surface area contributed by atoms with Crippen molar-refractivity contribution in [3.8, 4) is 22.6 Å². The van der Waals surface area contributed by atoms with Crippen LogP contribution in [0.4, 0.5) is 0 Å². The zero-order valence-corrected chi connectivity index (χ0v) is 10.6. The van der Waals surface area contributed by atoms with Crippen molar-refractivity contribution in [2.75, 3.05) is 14.2 Å². The fraction of sp³-hybridized carbons (Fsp3) is 0.143. The van der Waals surface area contributed by atoms with Crippen LogP contribution >= 0.6 is 0 Å². The number of hydrogen-bond donors (Lipinski definition) is 1. The van der Waals surface area contributed by atoms with Gasteiger partial charge >= 0.3 is 5.97 Å². The third-order valence-electron chi connectivity index (χ3n) is 2.74. The van der Waals surface area contributed by atoms with Gasteiger partial charge < -0.3 is 14.6 Å². The number of carboxylic acids is 1. The van der Waals surface area contributed by atoms with E-state index in [0.717, 1.165) is 0 Å². The molecule has 0 atom stereocenters. The van der Waals surface area contributed by atoms with E-state index in [1.807, 2.05) is 0 Å². The van der Waals surface area contributed by atoms with E-state index >= 15 is 0 Å². The molecule has 0 aliphatic heterocycles. The molecule has 0 aliphatic carbocycles. The Bertz CT molecular complexity index is 610. The SMILES string of the molecule is COc1cccc(-c2cnccc2C(=O)O)c1OC. The Balaban J connectivity index is 2.69. The zero-order chi connectivity index (χ0) is 13.8. The second kappa shape index (κ2) is 5.39. The number of rotatable bonds is 4. The Morgan fingerprint density at radius 3 is 2.58 bits per heavy atom. The van der Waals surface area contributed by atoms with Crippen LogP contribution in [0.5, 0.6) is 11.5 Å². The number of benzene rings is 1. The first kappa shape index (κ1) is 12.9. The normalized spacial score (nSPS) is 10.0. The second-order valence-electron chi connectivity index (χ2n) is 3.77.